The minimum absolute atomic E-state index is 0.0722. The third-order valence-corrected chi connectivity index (χ3v) is 10.5. The predicted octanol–water partition coefficient (Wildman–Crippen LogP) is 4.28. The van der Waals surface area contributed by atoms with Gasteiger partial charge in [0.2, 0.25) is 5.78 Å². The molecule has 3 fully saturated rings. The fourth-order valence-corrected chi connectivity index (χ4v) is 8.65. The molecule has 0 aromatic rings. The lowest BCUT2D eigenvalue weighted by molar-refractivity contribution is -0.211. The second-order valence-electron chi connectivity index (χ2n) is 11.2. The second-order valence-corrected chi connectivity index (χ2v) is 12.3. The lowest BCUT2D eigenvalue weighted by atomic mass is 9.48. The maximum Gasteiger partial charge on any atom is 0.303 e. The number of allylic oxidation sites excluding steroid dienone is 6. The van der Waals surface area contributed by atoms with E-state index in [1.54, 1.807) is 26.0 Å². The van der Waals surface area contributed by atoms with E-state index in [1.807, 2.05) is 32.1 Å². The number of hydrogen-bond donors (Lipinski definition) is 0. The molecule has 1 heterocycles. The van der Waals surface area contributed by atoms with Crippen LogP contribution >= 0.6 is 23.2 Å². The van der Waals surface area contributed by atoms with Crippen LogP contribution in [0.15, 0.2) is 36.0 Å². The van der Waals surface area contributed by atoms with Crippen molar-refractivity contribution in [3.8, 4) is 0 Å². The molecule has 5 aliphatic rings. The van der Waals surface area contributed by atoms with Gasteiger partial charge in [-0.15, -0.1) is 23.2 Å². The highest BCUT2D eigenvalue weighted by Crippen LogP contribution is 2.72. The normalized spacial score (nSPS) is 47.9. The first-order valence-corrected chi connectivity index (χ1v) is 12.5. The highest BCUT2D eigenvalue weighted by atomic mass is 35.5. The molecule has 8 atom stereocenters. The Morgan fingerprint density at radius 3 is 2.59 bits per heavy atom. The van der Waals surface area contributed by atoms with Crippen molar-refractivity contribution in [3.63, 3.8) is 0 Å². The Morgan fingerprint density at radius 2 is 1.91 bits per heavy atom. The molecule has 0 radical (unpaired) electrons. The van der Waals surface area contributed by atoms with Crippen LogP contribution in [0.1, 0.15) is 47.5 Å². The molecule has 0 spiro atoms. The highest BCUT2D eigenvalue weighted by molar-refractivity contribution is 6.34. The van der Waals surface area contributed by atoms with Crippen molar-refractivity contribution in [2.24, 2.45) is 22.7 Å². The van der Waals surface area contributed by atoms with Crippen LogP contribution in [0.3, 0.4) is 0 Å². The Morgan fingerprint density at radius 1 is 1.21 bits per heavy atom. The van der Waals surface area contributed by atoms with Gasteiger partial charge >= 0.3 is 5.97 Å². The van der Waals surface area contributed by atoms with Gasteiger partial charge in [0.1, 0.15) is 0 Å². The monoisotopic (exact) mass is 508 g/mol. The largest absolute Gasteiger partial charge is 0.458 e. The van der Waals surface area contributed by atoms with Crippen LogP contribution in [0.4, 0.5) is 0 Å². The van der Waals surface area contributed by atoms with Gasteiger partial charge in [0.05, 0.1) is 16.4 Å². The molecular formula is C26H30Cl2O6. The molecule has 5 rings (SSSR count). The van der Waals surface area contributed by atoms with Gasteiger partial charge in [-0.1, -0.05) is 32.1 Å². The lowest BCUT2D eigenvalue weighted by Gasteiger charge is -2.62. The van der Waals surface area contributed by atoms with E-state index >= 15 is 0 Å². The van der Waals surface area contributed by atoms with Crippen molar-refractivity contribution in [2.75, 3.05) is 6.61 Å². The van der Waals surface area contributed by atoms with Crippen molar-refractivity contribution >= 4 is 40.7 Å². The SMILES string of the molecule is CC(=O)OCC(=O)[C@@]12OC(C)(C)O[C@@H]1C[C@H]1[C@@H]3C=CC4=CC(=O)C=C[C@]4(C)[C@@]3(Cl)[C@@H](Cl)C[C@@]12C. The van der Waals surface area contributed by atoms with Crippen LogP contribution in [0.2, 0.25) is 0 Å². The van der Waals surface area contributed by atoms with Crippen LogP contribution in [0, 0.1) is 22.7 Å². The Bertz CT molecular complexity index is 1080. The number of alkyl halides is 2. The van der Waals surface area contributed by atoms with Crippen LogP contribution in [0.5, 0.6) is 0 Å². The quantitative estimate of drug-likeness (QED) is 0.418. The summed E-state index contributed by atoms with van der Waals surface area (Å²) < 4.78 is 17.9. The van der Waals surface area contributed by atoms with Gasteiger partial charge in [0.15, 0.2) is 23.8 Å². The molecule has 184 valence electrons. The van der Waals surface area contributed by atoms with E-state index in [0.29, 0.717) is 12.8 Å². The number of carbonyl (C=O) groups is 3. The predicted molar refractivity (Wildman–Crippen MR) is 126 cm³/mol. The van der Waals surface area contributed by atoms with Gasteiger partial charge in [-0.25, -0.2) is 0 Å². The number of ether oxygens (including phenoxy) is 3. The van der Waals surface area contributed by atoms with Crippen LogP contribution in [-0.4, -0.2) is 51.9 Å². The van der Waals surface area contributed by atoms with Gasteiger partial charge in [0.25, 0.3) is 0 Å². The molecule has 6 nitrogen and oxygen atoms in total. The molecule has 0 amide bonds. The summed E-state index contributed by atoms with van der Waals surface area (Å²) in [5.74, 6) is -2.17. The fraction of sp³-hybridized carbons (Fsp3) is 0.654. The highest BCUT2D eigenvalue weighted by Gasteiger charge is 2.79. The van der Waals surface area contributed by atoms with E-state index < -0.39 is 44.5 Å². The second kappa shape index (κ2) is 7.28. The molecule has 0 N–H and O–H groups in total. The molecule has 1 saturated heterocycles. The Kier molecular flexibility index (Phi) is 5.19. The first-order valence-electron chi connectivity index (χ1n) is 11.7. The van der Waals surface area contributed by atoms with Gasteiger partial charge in [-0.2, -0.15) is 0 Å². The van der Waals surface area contributed by atoms with Gasteiger partial charge in [-0.05, 0) is 50.3 Å². The number of carbonyl (C=O) groups excluding carboxylic acids is 3. The topological polar surface area (TPSA) is 78.9 Å². The van der Waals surface area contributed by atoms with Crippen LogP contribution in [0.25, 0.3) is 0 Å². The average Bonchev–Trinajstić information content (AvgIpc) is 3.14. The summed E-state index contributed by atoms with van der Waals surface area (Å²) in [6.45, 7) is 8.52. The van der Waals surface area contributed by atoms with E-state index in [2.05, 4.69) is 0 Å². The minimum Gasteiger partial charge on any atom is -0.458 e. The first-order chi connectivity index (χ1) is 15.7. The zero-order valence-corrected chi connectivity index (χ0v) is 21.5. The standard InChI is InChI=1S/C26H30Cl2O6/c1-14(29)32-13-20(31)26-21(33-22(2,3)34-26)11-18-17-7-6-15-10-16(30)8-9-23(15,4)25(17,28)19(27)12-24(18,26)5/h6-10,17-19,21H,11-13H2,1-5H3/t17-,18-,19-,21+,23-,24-,25-,26+/m0/s1. The summed E-state index contributed by atoms with van der Waals surface area (Å²) in [5.41, 5.74) is -1.84. The van der Waals surface area contributed by atoms with Gasteiger partial charge in [-0.3, -0.25) is 14.4 Å². The summed E-state index contributed by atoms with van der Waals surface area (Å²) >= 11 is 14.7. The molecule has 34 heavy (non-hydrogen) atoms. The Hall–Kier alpha value is -1.47. The number of ketones is 2. The van der Waals surface area contributed by atoms with E-state index in [-0.39, 0.29) is 30.0 Å². The van der Waals surface area contributed by atoms with Crippen molar-refractivity contribution < 1.29 is 28.6 Å². The third-order valence-electron chi connectivity index (χ3n) is 8.98. The van der Waals surface area contributed by atoms with Gasteiger partial charge in [0, 0.05) is 23.7 Å². The number of halogens is 2. The molecule has 0 unspecified atom stereocenters. The minimum atomic E-state index is -1.31. The molecule has 1 aliphatic heterocycles. The number of Topliss-reactive ketones (excluding diaryl/α,β-unsaturated/α-hetero) is 1. The van der Waals surface area contributed by atoms with Crippen LogP contribution < -0.4 is 0 Å². The lowest BCUT2D eigenvalue weighted by Crippen LogP contribution is -2.67. The summed E-state index contributed by atoms with van der Waals surface area (Å²) in [7, 11) is 0. The molecule has 2 saturated carbocycles. The van der Waals surface area contributed by atoms with E-state index in [4.69, 9.17) is 37.4 Å². The maximum absolute atomic E-state index is 13.7. The van der Waals surface area contributed by atoms with Crippen molar-refractivity contribution in [2.45, 2.75) is 75.2 Å². The number of rotatable bonds is 3. The molecule has 0 aromatic carbocycles. The van der Waals surface area contributed by atoms with Crippen molar-refractivity contribution in [1.82, 2.24) is 0 Å². The smallest absolute Gasteiger partial charge is 0.303 e. The Labute approximate surface area is 209 Å². The first kappa shape index (κ1) is 24.2. The summed E-state index contributed by atoms with van der Waals surface area (Å²) in [6, 6.07) is 0. The molecular weight excluding hydrogens is 479 g/mol. The van der Waals surface area contributed by atoms with E-state index in [1.165, 1.54) is 6.92 Å². The molecule has 0 bridgehead atoms. The van der Waals surface area contributed by atoms with E-state index in [9.17, 15) is 14.4 Å². The number of hydrogen-bond acceptors (Lipinski definition) is 6. The zero-order chi connectivity index (χ0) is 24.9. The van der Waals surface area contributed by atoms with Gasteiger partial charge < -0.3 is 14.2 Å². The molecule has 4 aliphatic carbocycles. The maximum atomic E-state index is 13.7. The number of fused-ring (bicyclic) bond motifs is 7. The third kappa shape index (κ3) is 2.86. The van der Waals surface area contributed by atoms with Crippen molar-refractivity contribution in [3.05, 3.63) is 36.0 Å². The van der Waals surface area contributed by atoms with Crippen LogP contribution in [-0.2, 0) is 28.6 Å². The zero-order valence-electron chi connectivity index (χ0n) is 20.0. The summed E-state index contributed by atoms with van der Waals surface area (Å²) in [4.78, 5) is 36.4. The average molecular weight is 509 g/mol. The molecule has 8 heteroatoms. The van der Waals surface area contributed by atoms with E-state index in [0.717, 1.165) is 5.57 Å². The summed E-state index contributed by atoms with van der Waals surface area (Å²) in [6.07, 6.45) is 9.50. The fourth-order valence-electron chi connectivity index (χ4n) is 7.48. The van der Waals surface area contributed by atoms with Crippen molar-refractivity contribution in [1.29, 1.82) is 0 Å². The summed E-state index contributed by atoms with van der Waals surface area (Å²) in [5, 5.41) is -0.541. The number of esters is 1. The Balaban J connectivity index is 1.63. The molecule has 0 aromatic heterocycles.